The average molecular weight is 631 g/mol. The van der Waals surface area contributed by atoms with Gasteiger partial charge in [-0.2, -0.15) is 5.26 Å². The maximum Gasteiger partial charge on any atom is 0.131 e. The molecule has 0 N–H and O–H groups in total. The van der Waals surface area contributed by atoms with Crippen molar-refractivity contribution in [2.45, 2.75) is 19.3 Å². The second-order valence-corrected chi connectivity index (χ2v) is 13.0. The first-order valence-electron chi connectivity index (χ1n) is 16.4. The lowest BCUT2D eigenvalue weighted by atomic mass is 9.74. The van der Waals surface area contributed by atoms with Crippen molar-refractivity contribution in [3.8, 4) is 56.9 Å². The molecule has 232 valence electrons. The minimum atomic E-state index is -0.328. The Labute approximate surface area is 284 Å². The molecule has 3 aromatic heterocycles. The first kappa shape index (κ1) is 28.7. The van der Waals surface area contributed by atoms with E-state index in [4.69, 9.17) is 9.72 Å². The zero-order valence-corrected chi connectivity index (χ0v) is 27.1. The maximum atomic E-state index is 9.72. The van der Waals surface area contributed by atoms with E-state index in [2.05, 4.69) is 120 Å². The number of rotatable bonds is 4. The van der Waals surface area contributed by atoms with Crippen molar-refractivity contribution >= 4 is 21.8 Å². The summed E-state index contributed by atoms with van der Waals surface area (Å²) >= 11 is 0. The van der Waals surface area contributed by atoms with Crippen LogP contribution in [0.4, 0.5) is 0 Å². The molecule has 5 heteroatoms. The Hall–Kier alpha value is -6.51. The van der Waals surface area contributed by atoms with Crippen molar-refractivity contribution in [1.29, 1.82) is 5.26 Å². The monoisotopic (exact) mass is 630 g/mol. The molecule has 1 aliphatic heterocycles. The normalized spacial score (nSPS) is 13.0. The summed E-state index contributed by atoms with van der Waals surface area (Å²) in [6.07, 6.45) is 3.61. The van der Waals surface area contributed by atoms with Crippen molar-refractivity contribution in [3.63, 3.8) is 0 Å². The van der Waals surface area contributed by atoms with Gasteiger partial charge in [0.05, 0.1) is 34.1 Å². The molecule has 0 bridgehead atoms. The number of pyridine rings is 2. The van der Waals surface area contributed by atoms with E-state index in [0.29, 0.717) is 5.56 Å². The van der Waals surface area contributed by atoms with Gasteiger partial charge < -0.3 is 9.30 Å². The molecule has 5 aromatic carbocycles. The Morgan fingerprint density at radius 2 is 1.27 bits per heavy atom. The molecule has 9 rings (SSSR count). The molecule has 0 saturated carbocycles. The van der Waals surface area contributed by atoms with Gasteiger partial charge in [-0.3, -0.25) is 4.98 Å². The van der Waals surface area contributed by atoms with Crippen molar-refractivity contribution in [2.24, 2.45) is 0 Å². The quantitative estimate of drug-likeness (QED) is 0.194. The van der Waals surface area contributed by atoms with Crippen LogP contribution < -0.4 is 4.74 Å². The zero-order chi connectivity index (χ0) is 33.1. The minimum absolute atomic E-state index is 0.328. The van der Waals surface area contributed by atoms with Gasteiger partial charge in [-0.15, -0.1) is 0 Å². The molecule has 4 heterocycles. The molecular formula is C44H30N4O. The number of hydrogen-bond donors (Lipinski definition) is 0. The lowest BCUT2D eigenvalue weighted by Crippen LogP contribution is -2.24. The summed E-state index contributed by atoms with van der Waals surface area (Å²) in [7, 11) is 0. The third-order valence-electron chi connectivity index (χ3n) is 9.77. The molecule has 1 aliphatic rings. The molecule has 0 atom stereocenters. The molecule has 0 amide bonds. The van der Waals surface area contributed by atoms with Crippen LogP contribution in [0.15, 0.2) is 146 Å². The van der Waals surface area contributed by atoms with Crippen LogP contribution in [0.3, 0.4) is 0 Å². The lowest BCUT2D eigenvalue weighted by molar-refractivity contribution is 0.418. The standard InChI is InChI=1S/C44H30N4O/c1-44(2)36-24-30(29-14-18-41-35(23-29)34-22-28(26-45)13-17-40(34)48(41)33-9-4-3-5-10-33)15-19-42(36)49-43-20-16-31(25-37(43)44)38-11-6-12-39(47-38)32-8-7-21-46-27-32/h3-25,27H,1-2H3. The van der Waals surface area contributed by atoms with E-state index in [0.717, 1.165) is 83.8 Å². The summed E-state index contributed by atoms with van der Waals surface area (Å²) in [4.78, 5) is 9.26. The van der Waals surface area contributed by atoms with Gasteiger partial charge >= 0.3 is 0 Å². The Bertz CT molecular complexity index is 2610. The topological polar surface area (TPSA) is 63.7 Å². The fourth-order valence-electron chi connectivity index (χ4n) is 7.22. The van der Waals surface area contributed by atoms with Crippen LogP contribution in [0.1, 0.15) is 30.5 Å². The smallest absolute Gasteiger partial charge is 0.131 e. The number of aromatic nitrogens is 3. The van der Waals surface area contributed by atoms with Crippen molar-refractivity contribution < 1.29 is 4.74 Å². The largest absolute Gasteiger partial charge is 0.457 e. The number of nitriles is 1. The summed E-state index contributed by atoms with van der Waals surface area (Å²) in [6.45, 7) is 4.53. The van der Waals surface area contributed by atoms with E-state index < -0.39 is 0 Å². The first-order valence-corrected chi connectivity index (χ1v) is 16.4. The SMILES string of the molecule is CC1(C)c2cc(-c3ccc4c(c3)c3cc(C#N)ccc3n4-c3ccccc3)ccc2Oc2ccc(-c3cccc(-c4cccnc4)n3)cc21. The second-order valence-electron chi connectivity index (χ2n) is 13.0. The molecule has 49 heavy (non-hydrogen) atoms. The molecule has 0 aliphatic carbocycles. The number of ether oxygens (including phenoxy) is 1. The van der Waals surface area contributed by atoms with Crippen molar-refractivity contribution in [3.05, 3.63) is 163 Å². The minimum Gasteiger partial charge on any atom is -0.457 e. The van der Waals surface area contributed by atoms with Crippen LogP contribution in [0.5, 0.6) is 11.5 Å². The second kappa shape index (κ2) is 11.0. The average Bonchev–Trinajstić information content (AvgIpc) is 3.48. The Balaban J connectivity index is 1.13. The van der Waals surface area contributed by atoms with Gasteiger partial charge in [0.15, 0.2) is 0 Å². The predicted octanol–water partition coefficient (Wildman–Crippen LogP) is 10.9. The van der Waals surface area contributed by atoms with Crippen LogP contribution >= 0.6 is 0 Å². The molecule has 5 nitrogen and oxygen atoms in total. The molecule has 0 radical (unpaired) electrons. The van der Waals surface area contributed by atoms with Crippen molar-refractivity contribution in [2.75, 3.05) is 0 Å². The Morgan fingerprint density at radius 1 is 0.612 bits per heavy atom. The Kier molecular flexibility index (Phi) is 6.47. The highest BCUT2D eigenvalue weighted by Gasteiger charge is 2.35. The summed E-state index contributed by atoms with van der Waals surface area (Å²) in [5, 5.41) is 11.9. The number of nitrogens with zero attached hydrogens (tertiary/aromatic N) is 4. The third kappa shape index (κ3) is 4.69. The van der Waals surface area contributed by atoms with E-state index in [-0.39, 0.29) is 5.41 Å². The maximum absolute atomic E-state index is 9.72. The van der Waals surface area contributed by atoms with Crippen molar-refractivity contribution in [1.82, 2.24) is 14.5 Å². The summed E-state index contributed by atoms with van der Waals surface area (Å²) < 4.78 is 8.80. The summed E-state index contributed by atoms with van der Waals surface area (Å²) in [5.41, 5.74) is 11.9. The van der Waals surface area contributed by atoms with E-state index in [1.807, 2.05) is 48.7 Å². The van der Waals surface area contributed by atoms with Gasteiger partial charge in [0.1, 0.15) is 11.5 Å². The molecule has 0 saturated heterocycles. The highest BCUT2D eigenvalue weighted by atomic mass is 16.5. The van der Waals surface area contributed by atoms with Crippen LogP contribution in [-0.2, 0) is 5.41 Å². The van der Waals surface area contributed by atoms with Gasteiger partial charge in [-0.1, -0.05) is 50.2 Å². The highest BCUT2D eigenvalue weighted by Crippen LogP contribution is 2.50. The van der Waals surface area contributed by atoms with E-state index >= 15 is 0 Å². The number of para-hydroxylation sites is 1. The number of fused-ring (bicyclic) bond motifs is 5. The lowest BCUT2D eigenvalue weighted by Gasteiger charge is -2.35. The third-order valence-corrected chi connectivity index (χ3v) is 9.77. The molecule has 0 unspecified atom stereocenters. The molecular weight excluding hydrogens is 601 g/mol. The van der Waals surface area contributed by atoms with Gasteiger partial charge in [-0.25, -0.2) is 4.98 Å². The van der Waals surface area contributed by atoms with Gasteiger partial charge in [-0.05, 0) is 108 Å². The van der Waals surface area contributed by atoms with Crippen LogP contribution in [0.25, 0.3) is 61.1 Å². The van der Waals surface area contributed by atoms with Gasteiger partial charge in [0, 0.05) is 56.5 Å². The summed E-state index contributed by atoms with van der Waals surface area (Å²) in [5.74, 6) is 1.73. The first-order chi connectivity index (χ1) is 24.0. The summed E-state index contributed by atoms with van der Waals surface area (Å²) in [6, 6.07) is 48.2. The fourth-order valence-corrected chi connectivity index (χ4v) is 7.22. The highest BCUT2D eigenvalue weighted by molar-refractivity contribution is 6.11. The fraction of sp³-hybridized carbons (Fsp3) is 0.0682. The van der Waals surface area contributed by atoms with Crippen LogP contribution in [-0.4, -0.2) is 14.5 Å². The van der Waals surface area contributed by atoms with E-state index in [9.17, 15) is 5.26 Å². The Morgan fingerprint density at radius 3 is 2.00 bits per heavy atom. The number of benzene rings is 5. The van der Waals surface area contributed by atoms with E-state index in [1.165, 1.54) is 0 Å². The van der Waals surface area contributed by atoms with Gasteiger partial charge in [0.25, 0.3) is 0 Å². The van der Waals surface area contributed by atoms with E-state index in [1.54, 1.807) is 6.20 Å². The van der Waals surface area contributed by atoms with Crippen LogP contribution in [0.2, 0.25) is 0 Å². The molecule has 0 spiro atoms. The molecule has 0 fully saturated rings. The molecule has 8 aromatic rings. The predicted molar refractivity (Wildman–Crippen MR) is 196 cm³/mol. The van der Waals surface area contributed by atoms with Gasteiger partial charge in [0.2, 0.25) is 0 Å². The van der Waals surface area contributed by atoms with Crippen LogP contribution in [0, 0.1) is 11.3 Å². The number of hydrogen-bond acceptors (Lipinski definition) is 4. The zero-order valence-electron chi connectivity index (χ0n) is 27.1.